The van der Waals surface area contributed by atoms with Crippen LogP contribution in [0.3, 0.4) is 0 Å². The van der Waals surface area contributed by atoms with Crippen molar-refractivity contribution in [1.29, 1.82) is 0 Å². The van der Waals surface area contributed by atoms with Crippen molar-refractivity contribution in [1.82, 2.24) is 4.90 Å². The van der Waals surface area contributed by atoms with Gasteiger partial charge in [-0.2, -0.15) is 0 Å². The predicted octanol–water partition coefficient (Wildman–Crippen LogP) is 3.80. The number of benzene rings is 3. The number of ether oxygens (including phenoxy) is 1. The van der Waals surface area contributed by atoms with Crippen molar-refractivity contribution in [2.75, 3.05) is 7.11 Å². The van der Waals surface area contributed by atoms with E-state index in [4.69, 9.17) is 4.74 Å². The summed E-state index contributed by atoms with van der Waals surface area (Å²) in [7, 11) is 1.24. The molecule has 0 radical (unpaired) electrons. The summed E-state index contributed by atoms with van der Waals surface area (Å²) in [5, 5.41) is 40.0. The van der Waals surface area contributed by atoms with Crippen LogP contribution in [-0.2, 0) is 22.4 Å². The molecule has 176 valence electrons. The molecule has 0 fully saturated rings. The Morgan fingerprint density at radius 3 is 2.35 bits per heavy atom. The lowest BCUT2D eigenvalue weighted by Gasteiger charge is -2.42. The molecule has 0 aliphatic carbocycles. The van der Waals surface area contributed by atoms with E-state index in [0.717, 1.165) is 0 Å². The molecule has 1 heterocycles. The molecule has 8 nitrogen and oxygen atoms in total. The highest BCUT2D eigenvalue weighted by molar-refractivity contribution is 9.10. The lowest BCUT2D eigenvalue weighted by atomic mass is 9.84. The predicted molar refractivity (Wildman–Crippen MR) is 126 cm³/mol. The fraction of sp³-hybridized carbons (Fsp3) is 0.200. The van der Waals surface area contributed by atoms with Crippen LogP contribution < -0.4 is 0 Å². The molecule has 0 saturated carbocycles. The molecule has 4 rings (SSSR count). The van der Waals surface area contributed by atoms with E-state index >= 15 is 0 Å². The topological polar surface area (TPSA) is 128 Å². The normalized spacial score (nSPS) is 17.2. The van der Waals surface area contributed by atoms with Crippen LogP contribution in [0, 0.1) is 0 Å². The maximum atomic E-state index is 13.8. The van der Waals surface area contributed by atoms with Gasteiger partial charge in [-0.3, -0.25) is 4.79 Å². The largest absolute Gasteiger partial charge is 0.504 e. The maximum Gasteiger partial charge on any atom is 0.328 e. The standard InChI is InChI=1S/C25H22BrNO7/c1-34-25(33)19-10-15-11-22(30)23(31)12-17(15)18(7-13-5-6-20(28)21(29)8-13)27(19)24(32)14-3-2-4-16(26)9-14/h2-6,8-9,11-12,18-19,28-31H,7,10H2,1H3/t18-,19-/m0/s1. The quantitative estimate of drug-likeness (QED) is 0.300. The van der Waals surface area contributed by atoms with Gasteiger partial charge in [-0.1, -0.05) is 28.1 Å². The van der Waals surface area contributed by atoms with Gasteiger partial charge in [0, 0.05) is 16.5 Å². The average molecular weight is 528 g/mol. The fourth-order valence-electron chi connectivity index (χ4n) is 4.31. The molecular weight excluding hydrogens is 506 g/mol. The van der Waals surface area contributed by atoms with Gasteiger partial charge in [-0.15, -0.1) is 0 Å². The first-order valence-corrected chi connectivity index (χ1v) is 11.2. The van der Waals surface area contributed by atoms with Crippen molar-refractivity contribution >= 4 is 27.8 Å². The smallest absolute Gasteiger partial charge is 0.328 e. The SMILES string of the molecule is COC(=O)[C@@H]1Cc2cc(O)c(O)cc2[C@H](Cc2ccc(O)c(O)c2)N1C(=O)c1cccc(Br)c1. The molecule has 1 amide bonds. The lowest BCUT2D eigenvalue weighted by Crippen LogP contribution is -2.52. The number of rotatable bonds is 4. The van der Waals surface area contributed by atoms with Gasteiger partial charge in [0.2, 0.25) is 0 Å². The fourth-order valence-corrected chi connectivity index (χ4v) is 4.71. The number of phenols is 4. The number of esters is 1. The Bertz CT molecular complexity index is 1280. The zero-order valence-corrected chi connectivity index (χ0v) is 19.7. The first-order valence-electron chi connectivity index (χ1n) is 10.4. The lowest BCUT2D eigenvalue weighted by molar-refractivity contribution is -0.147. The average Bonchev–Trinajstić information content (AvgIpc) is 2.81. The molecule has 3 aromatic carbocycles. The van der Waals surface area contributed by atoms with Gasteiger partial charge < -0.3 is 30.1 Å². The van der Waals surface area contributed by atoms with Gasteiger partial charge in [0.1, 0.15) is 6.04 Å². The van der Waals surface area contributed by atoms with E-state index in [1.807, 2.05) is 0 Å². The van der Waals surface area contributed by atoms with E-state index in [1.54, 1.807) is 30.3 Å². The minimum Gasteiger partial charge on any atom is -0.504 e. The highest BCUT2D eigenvalue weighted by Gasteiger charge is 2.42. The molecule has 0 spiro atoms. The Kier molecular flexibility index (Phi) is 6.39. The van der Waals surface area contributed by atoms with Crippen molar-refractivity contribution in [2.45, 2.75) is 24.9 Å². The third-order valence-corrected chi connectivity index (χ3v) is 6.42. The van der Waals surface area contributed by atoms with Crippen LogP contribution in [0.1, 0.15) is 33.1 Å². The molecule has 3 aromatic rings. The van der Waals surface area contributed by atoms with E-state index in [9.17, 15) is 30.0 Å². The van der Waals surface area contributed by atoms with Gasteiger partial charge in [0.05, 0.1) is 13.2 Å². The number of fused-ring (bicyclic) bond motifs is 1. The molecule has 1 aliphatic rings. The summed E-state index contributed by atoms with van der Waals surface area (Å²) in [5.74, 6) is -2.36. The summed E-state index contributed by atoms with van der Waals surface area (Å²) in [6, 6.07) is 12.1. The van der Waals surface area contributed by atoms with Crippen LogP contribution in [0.4, 0.5) is 0 Å². The number of halogens is 1. The van der Waals surface area contributed by atoms with Crippen LogP contribution in [0.25, 0.3) is 0 Å². The first kappa shape index (κ1) is 23.4. The summed E-state index contributed by atoms with van der Waals surface area (Å²) in [6.07, 6.45) is 0.227. The number of methoxy groups -OCH3 is 1. The number of carbonyl (C=O) groups excluding carboxylic acids is 2. The van der Waals surface area contributed by atoms with Gasteiger partial charge in [-0.25, -0.2) is 4.79 Å². The number of hydrogen-bond donors (Lipinski definition) is 4. The molecule has 2 atom stereocenters. The Morgan fingerprint density at radius 1 is 0.971 bits per heavy atom. The summed E-state index contributed by atoms with van der Waals surface area (Å²) in [4.78, 5) is 28.0. The van der Waals surface area contributed by atoms with E-state index in [1.165, 1.54) is 36.3 Å². The molecule has 0 unspecified atom stereocenters. The van der Waals surface area contributed by atoms with E-state index in [2.05, 4.69) is 15.9 Å². The Balaban J connectivity index is 1.89. The molecule has 4 N–H and O–H groups in total. The number of amides is 1. The minimum absolute atomic E-state index is 0.0763. The van der Waals surface area contributed by atoms with E-state index < -0.39 is 24.0 Å². The second kappa shape index (κ2) is 9.26. The molecule has 1 aliphatic heterocycles. The number of carbonyl (C=O) groups is 2. The zero-order chi connectivity index (χ0) is 24.6. The maximum absolute atomic E-state index is 13.8. The molecule has 0 aromatic heterocycles. The number of phenolic OH excluding ortho intramolecular Hbond substituents is 4. The first-order chi connectivity index (χ1) is 16.2. The van der Waals surface area contributed by atoms with Crippen LogP contribution in [0.15, 0.2) is 59.1 Å². The summed E-state index contributed by atoms with van der Waals surface area (Å²) in [6.45, 7) is 0. The Hall–Kier alpha value is -3.72. The van der Waals surface area contributed by atoms with Crippen LogP contribution >= 0.6 is 15.9 Å². The summed E-state index contributed by atoms with van der Waals surface area (Å²) < 4.78 is 5.69. The second-order valence-corrected chi connectivity index (χ2v) is 8.96. The Morgan fingerprint density at radius 2 is 1.68 bits per heavy atom. The molecule has 0 bridgehead atoms. The van der Waals surface area contributed by atoms with Crippen molar-refractivity contribution in [3.8, 4) is 23.0 Å². The third kappa shape index (κ3) is 4.38. The van der Waals surface area contributed by atoms with Crippen molar-refractivity contribution < 1.29 is 34.8 Å². The minimum atomic E-state index is -0.997. The van der Waals surface area contributed by atoms with E-state index in [0.29, 0.717) is 26.7 Å². The van der Waals surface area contributed by atoms with Crippen molar-refractivity contribution in [3.63, 3.8) is 0 Å². The van der Waals surface area contributed by atoms with Crippen LogP contribution in [-0.4, -0.2) is 50.4 Å². The van der Waals surface area contributed by atoms with Gasteiger partial charge in [0.25, 0.3) is 5.91 Å². The zero-order valence-electron chi connectivity index (χ0n) is 18.1. The molecule has 9 heteroatoms. The van der Waals surface area contributed by atoms with Crippen molar-refractivity contribution in [2.24, 2.45) is 0 Å². The van der Waals surface area contributed by atoms with Crippen LogP contribution in [0.2, 0.25) is 0 Å². The Labute approximate surface area is 203 Å². The number of aromatic hydroxyl groups is 4. The monoisotopic (exact) mass is 527 g/mol. The molecular formula is C25H22BrNO7. The summed E-state index contributed by atoms with van der Waals surface area (Å²) in [5.41, 5.74) is 2.05. The van der Waals surface area contributed by atoms with Gasteiger partial charge >= 0.3 is 5.97 Å². The highest BCUT2D eigenvalue weighted by atomic mass is 79.9. The second-order valence-electron chi connectivity index (χ2n) is 8.05. The third-order valence-electron chi connectivity index (χ3n) is 5.93. The number of nitrogens with zero attached hydrogens (tertiary/aromatic N) is 1. The van der Waals surface area contributed by atoms with E-state index in [-0.39, 0.29) is 35.8 Å². The molecule has 34 heavy (non-hydrogen) atoms. The van der Waals surface area contributed by atoms with Crippen LogP contribution in [0.5, 0.6) is 23.0 Å². The van der Waals surface area contributed by atoms with Crippen molar-refractivity contribution in [3.05, 3.63) is 81.3 Å². The highest BCUT2D eigenvalue weighted by Crippen LogP contribution is 2.42. The van der Waals surface area contributed by atoms with Gasteiger partial charge in [0.15, 0.2) is 23.0 Å². The number of hydrogen-bond acceptors (Lipinski definition) is 7. The molecule has 0 saturated heterocycles. The summed E-state index contributed by atoms with van der Waals surface area (Å²) >= 11 is 3.36. The van der Waals surface area contributed by atoms with Gasteiger partial charge in [-0.05, 0) is 65.6 Å².